The molecule has 0 amide bonds. The van der Waals surface area contributed by atoms with Crippen LogP contribution in [0, 0.1) is 5.92 Å². The molecule has 0 spiro atoms. The lowest BCUT2D eigenvalue weighted by atomic mass is 10.0. The minimum Gasteiger partial charge on any atom is -0.381 e. The van der Waals surface area contributed by atoms with Crippen molar-refractivity contribution in [3.63, 3.8) is 0 Å². The van der Waals surface area contributed by atoms with Crippen molar-refractivity contribution < 1.29 is 13.2 Å². The summed E-state index contributed by atoms with van der Waals surface area (Å²) in [6.07, 6.45) is 3.31. The molecule has 1 aromatic heterocycles. The molecule has 2 rings (SSSR count). The molecule has 1 aliphatic heterocycles. The number of pyridine rings is 1. The van der Waals surface area contributed by atoms with Crippen molar-refractivity contribution in [2.24, 2.45) is 11.7 Å². The van der Waals surface area contributed by atoms with E-state index in [-0.39, 0.29) is 5.03 Å². The van der Waals surface area contributed by atoms with Gasteiger partial charge in [0.25, 0.3) is 10.0 Å². The third-order valence-electron chi connectivity index (χ3n) is 3.56. The van der Waals surface area contributed by atoms with Gasteiger partial charge in [-0.3, -0.25) is 0 Å². The Morgan fingerprint density at radius 3 is 2.65 bits per heavy atom. The van der Waals surface area contributed by atoms with E-state index < -0.39 is 10.0 Å². The Kier molecular flexibility index (Phi) is 5.09. The topological polar surface area (TPSA) is 85.5 Å². The molecule has 20 heavy (non-hydrogen) atoms. The number of aromatic nitrogens is 1. The van der Waals surface area contributed by atoms with E-state index in [1.165, 1.54) is 16.6 Å². The molecule has 112 valence electrons. The van der Waals surface area contributed by atoms with Crippen LogP contribution in [0.1, 0.15) is 18.4 Å². The number of rotatable bonds is 5. The molecule has 2 N–H and O–H groups in total. The highest BCUT2D eigenvalue weighted by Crippen LogP contribution is 2.19. The van der Waals surface area contributed by atoms with Crippen LogP contribution in [-0.4, -0.2) is 44.5 Å². The number of sulfonamides is 1. The Bertz CT molecular complexity index is 524. The van der Waals surface area contributed by atoms with Gasteiger partial charge < -0.3 is 10.5 Å². The van der Waals surface area contributed by atoms with Crippen LogP contribution in [0.2, 0.25) is 0 Å². The SMILES string of the molecule is CN(CC1CCOCC1)S(=O)(=O)c1ccc(CN)cn1. The number of hydrogen-bond donors (Lipinski definition) is 1. The molecule has 0 radical (unpaired) electrons. The molecule has 1 aromatic rings. The lowest BCUT2D eigenvalue weighted by molar-refractivity contribution is 0.0620. The summed E-state index contributed by atoms with van der Waals surface area (Å²) < 4.78 is 31.5. The van der Waals surface area contributed by atoms with Gasteiger partial charge in [-0.1, -0.05) is 6.07 Å². The van der Waals surface area contributed by atoms with E-state index in [0.717, 1.165) is 18.4 Å². The van der Waals surface area contributed by atoms with Crippen molar-refractivity contribution in [3.05, 3.63) is 23.9 Å². The zero-order valence-corrected chi connectivity index (χ0v) is 12.5. The van der Waals surface area contributed by atoms with E-state index in [4.69, 9.17) is 10.5 Å². The van der Waals surface area contributed by atoms with Crippen molar-refractivity contribution in [1.82, 2.24) is 9.29 Å². The molecule has 1 fully saturated rings. The molecule has 0 atom stereocenters. The first kappa shape index (κ1) is 15.4. The van der Waals surface area contributed by atoms with E-state index in [0.29, 0.717) is 32.2 Å². The summed E-state index contributed by atoms with van der Waals surface area (Å²) >= 11 is 0. The maximum atomic E-state index is 12.4. The zero-order valence-electron chi connectivity index (χ0n) is 11.7. The summed E-state index contributed by atoms with van der Waals surface area (Å²) in [4.78, 5) is 4.00. The standard InChI is InChI=1S/C13H21N3O3S/c1-16(10-11-4-6-19-7-5-11)20(17,18)13-3-2-12(8-14)9-15-13/h2-3,9,11H,4-8,10,14H2,1H3. The van der Waals surface area contributed by atoms with Crippen LogP contribution >= 0.6 is 0 Å². The van der Waals surface area contributed by atoms with Gasteiger partial charge in [0, 0.05) is 39.5 Å². The van der Waals surface area contributed by atoms with Gasteiger partial charge in [0.15, 0.2) is 5.03 Å². The van der Waals surface area contributed by atoms with Crippen molar-refractivity contribution in [3.8, 4) is 0 Å². The van der Waals surface area contributed by atoms with Crippen LogP contribution in [0.5, 0.6) is 0 Å². The largest absolute Gasteiger partial charge is 0.381 e. The first-order chi connectivity index (χ1) is 9.54. The monoisotopic (exact) mass is 299 g/mol. The Morgan fingerprint density at radius 1 is 1.40 bits per heavy atom. The molecule has 1 saturated heterocycles. The average molecular weight is 299 g/mol. The first-order valence-corrected chi connectivity index (χ1v) is 8.17. The predicted molar refractivity (Wildman–Crippen MR) is 75.5 cm³/mol. The lowest BCUT2D eigenvalue weighted by Crippen LogP contribution is -2.34. The summed E-state index contributed by atoms with van der Waals surface area (Å²) in [5.41, 5.74) is 6.30. The molecule has 0 saturated carbocycles. The van der Waals surface area contributed by atoms with Gasteiger partial charge in [-0.25, -0.2) is 13.4 Å². The summed E-state index contributed by atoms with van der Waals surface area (Å²) in [5.74, 6) is 0.354. The molecule has 6 nitrogen and oxygen atoms in total. The second-order valence-corrected chi connectivity index (χ2v) is 7.04. The van der Waals surface area contributed by atoms with Crippen molar-refractivity contribution in [1.29, 1.82) is 0 Å². The number of nitrogens with zero attached hydrogens (tertiary/aromatic N) is 2. The van der Waals surface area contributed by atoms with Crippen LogP contribution in [0.15, 0.2) is 23.4 Å². The highest BCUT2D eigenvalue weighted by atomic mass is 32.2. The van der Waals surface area contributed by atoms with Crippen molar-refractivity contribution in [2.45, 2.75) is 24.4 Å². The fourth-order valence-electron chi connectivity index (χ4n) is 2.23. The zero-order chi connectivity index (χ0) is 14.6. The van der Waals surface area contributed by atoms with E-state index in [1.54, 1.807) is 13.1 Å². The fourth-order valence-corrected chi connectivity index (χ4v) is 3.39. The number of nitrogens with two attached hydrogens (primary N) is 1. The molecule has 0 aromatic carbocycles. The lowest BCUT2D eigenvalue weighted by Gasteiger charge is -2.26. The van der Waals surface area contributed by atoms with Gasteiger partial charge in [-0.05, 0) is 30.4 Å². The highest BCUT2D eigenvalue weighted by Gasteiger charge is 2.25. The molecule has 0 aliphatic carbocycles. The smallest absolute Gasteiger partial charge is 0.260 e. The van der Waals surface area contributed by atoms with Gasteiger partial charge in [0.05, 0.1) is 0 Å². The van der Waals surface area contributed by atoms with E-state index >= 15 is 0 Å². The molecule has 0 bridgehead atoms. The summed E-state index contributed by atoms with van der Waals surface area (Å²) in [5, 5.41) is 0.0734. The van der Waals surface area contributed by atoms with Crippen molar-refractivity contribution >= 4 is 10.0 Å². The minimum absolute atomic E-state index is 0.0734. The van der Waals surface area contributed by atoms with Crippen LogP contribution in [0.3, 0.4) is 0 Å². The van der Waals surface area contributed by atoms with Gasteiger partial charge in [0.1, 0.15) is 0 Å². The van der Waals surface area contributed by atoms with Gasteiger partial charge >= 0.3 is 0 Å². The fraction of sp³-hybridized carbons (Fsp3) is 0.615. The maximum absolute atomic E-state index is 12.4. The average Bonchev–Trinajstić information content (AvgIpc) is 2.48. The summed E-state index contributed by atoms with van der Waals surface area (Å²) in [7, 11) is -1.92. The van der Waals surface area contributed by atoms with Crippen LogP contribution < -0.4 is 5.73 Å². The van der Waals surface area contributed by atoms with E-state index in [1.807, 2.05) is 0 Å². The second-order valence-electron chi connectivity index (χ2n) is 5.05. The van der Waals surface area contributed by atoms with E-state index in [9.17, 15) is 8.42 Å². The van der Waals surface area contributed by atoms with E-state index in [2.05, 4.69) is 4.98 Å². The number of hydrogen-bond acceptors (Lipinski definition) is 5. The van der Waals surface area contributed by atoms with Crippen LogP contribution in [0.4, 0.5) is 0 Å². The minimum atomic E-state index is -3.52. The van der Waals surface area contributed by atoms with Gasteiger partial charge in [-0.2, -0.15) is 4.31 Å². The second kappa shape index (κ2) is 6.62. The maximum Gasteiger partial charge on any atom is 0.260 e. The van der Waals surface area contributed by atoms with Gasteiger partial charge in [0.2, 0.25) is 0 Å². The molecule has 1 aliphatic rings. The third kappa shape index (κ3) is 3.54. The Morgan fingerprint density at radius 2 is 2.10 bits per heavy atom. The molecule has 2 heterocycles. The quantitative estimate of drug-likeness (QED) is 0.860. The van der Waals surface area contributed by atoms with Crippen LogP contribution in [0.25, 0.3) is 0 Å². The Balaban J connectivity index is 2.07. The number of ether oxygens (including phenoxy) is 1. The summed E-state index contributed by atoms with van der Waals surface area (Å²) in [6, 6.07) is 3.21. The first-order valence-electron chi connectivity index (χ1n) is 6.73. The molecular formula is C13H21N3O3S. The normalized spacial score (nSPS) is 17.6. The predicted octanol–water partition coefficient (Wildman–Crippen LogP) is 0.587. The Labute approximate surface area is 120 Å². The summed E-state index contributed by atoms with van der Waals surface area (Å²) in [6.45, 7) is 2.28. The van der Waals surface area contributed by atoms with Crippen molar-refractivity contribution in [2.75, 3.05) is 26.8 Å². The third-order valence-corrected chi connectivity index (χ3v) is 5.30. The molecule has 7 heteroatoms. The molecule has 0 unspecified atom stereocenters. The van der Waals surface area contributed by atoms with Crippen LogP contribution in [-0.2, 0) is 21.3 Å². The Hall–Kier alpha value is -1.02. The molecular weight excluding hydrogens is 278 g/mol. The highest BCUT2D eigenvalue weighted by molar-refractivity contribution is 7.89. The van der Waals surface area contributed by atoms with Gasteiger partial charge in [-0.15, -0.1) is 0 Å².